The van der Waals surface area contributed by atoms with Gasteiger partial charge in [0.25, 0.3) is 0 Å². The van der Waals surface area contributed by atoms with Gasteiger partial charge in [-0.1, -0.05) is 183 Å². The zero-order chi connectivity index (χ0) is 52.5. The van der Waals surface area contributed by atoms with E-state index < -0.39 is 0 Å². The van der Waals surface area contributed by atoms with Crippen molar-refractivity contribution in [3.05, 3.63) is 279 Å². The van der Waals surface area contributed by atoms with Crippen LogP contribution in [-0.2, 0) is 12.8 Å². The van der Waals surface area contributed by atoms with Crippen molar-refractivity contribution in [3.8, 4) is 0 Å². The van der Waals surface area contributed by atoms with Gasteiger partial charge < -0.3 is 9.80 Å². The number of allylic oxidation sites excluding steroid dienone is 22. The van der Waals surface area contributed by atoms with Crippen LogP contribution < -0.4 is 20.2 Å². The minimum Gasteiger partial charge on any atom is -0.341 e. The second-order valence-electron chi connectivity index (χ2n) is 22.5. The molecule has 0 spiro atoms. The quantitative estimate of drug-likeness (QED) is 0.0943. The molecule has 2 heteroatoms. The summed E-state index contributed by atoms with van der Waals surface area (Å²) in [7, 11) is 0. The molecule has 0 amide bonds. The number of aryl methyl sites for hydroxylation is 2. The number of fused-ring (bicyclic) bond motifs is 6. The van der Waals surface area contributed by atoms with Crippen molar-refractivity contribution in [1.82, 2.24) is 0 Å². The van der Waals surface area contributed by atoms with Gasteiger partial charge >= 0.3 is 0 Å². The van der Waals surface area contributed by atoms with E-state index in [0.717, 1.165) is 63.5 Å². The van der Waals surface area contributed by atoms with Gasteiger partial charge in [-0.2, -0.15) is 0 Å². The van der Waals surface area contributed by atoms with E-state index in [2.05, 4.69) is 242 Å². The molecule has 3 unspecified atom stereocenters. The lowest BCUT2D eigenvalue weighted by Crippen LogP contribution is -2.30. The molecular formula is C76H70N2. The van der Waals surface area contributed by atoms with Gasteiger partial charge in [0.05, 0.1) is 0 Å². The molecule has 6 aromatic rings. The zero-order valence-corrected chi connectivity index (χ0v) is 45.3. The highest BCUT2D eigenvalue weighted by Gasteiger charge is 2.30. The van der Waals surface area contributed by atoms with Gasteiger partial charge in [-0.25, -0.2) is 0 Å². The van der Waals surface area contributed by atoms with Gasteiger partial charge in [-0.05, 0) is 231 Å². The summed E-state index contributed by atoms with van der Waals surface area (Å²) in [6.07, 6.45) is 56.0. The number of anilines is 3. The Morgan fingerprint density at radius 2 is 1.40 bits per heavy atom. The van der Waals surface area contributed by atoms with Crippen LogP contribution in [-0.4, -0.2) is 6.54 Å². The smallest absolute Gasteiger partial charge is 0.0464 e. The molecule has 384 valence electrons. The molecule has 6 aromatic carbocycles. The monoisotopic (exact) mass is 1010 g/mol. The molecule has 0 saturated heterocycles. The van der Waals surface area contributed by atoms with Crippen molar-refractivity contribution >= 4 is 74.1 Å². The first kappa shape index (κ1) is 49.4. The van der Waals surface area contributed by atoms with Crippen LogP contribution in [0, 0.1) is 17.8 Å². The molecule has 2 nitrogen and oxygen atoms in total. The molecule has 3 atom stereocenters. The number of benzene rings is 6. The number of rotatable bonds is 11. The number of nitrogens with zero attached hydrogens (tertiary/aromatic N) is 2. The third-order valence-electron chi connectivity index (χ3n) is 17.8. The Kier molecular flexibility index (Phi) is 13.7. The second-order valence-corrected chi connectivity index (χ2v) is 22.5. The standard InChI is InChI=1S/C76H70N2/c1-4-17-55-20-7-8-25-60(55)44-45-77(67-38-36-58-23-11-15-28-63(58)48-67)68-40-42-71-73(50-68)75(65-34-32-56-21-9-13-26-61(56)46-65)72-43-41-70(51-74(72)76(71)66-35-33-57-22-10-14-27-62(57)47-66)78(53(3)30-31-54-19-6-5-18-52(54)2)69-39-37-59-24-12-16-29-64(59)49-69/h4-5,7-9,11,13-18,20-21,23,25-31,36-44,46-47,49-51,57,62-63H,1-2,6,10,12,19,22,24,32-35,45,48H2,3H3/b53-30+,54-31-,55-17-,60-44-. The summed E-state index contributed by atoms with van der Waals surface area (Å²) >= 11 is 0. The van der Waals surface area contributed by atoms with Gasteiger partial charge in [0.2, 0.25) is 0 Å². The molecule has 0 aliphatic heterocycles. The summed E-state index contributed by atoms with van der Waals surface area (Å²) in [4.78, 5) is 5.11. The molecule has 0 radical (unpaired) electrons. The minimum atomic E-state index is 0.347. The van der Waals surface area contributed by atoms with Crippen LogP contribution in [0.3, 0.4) is 0 Å². The van der Waals surface area contributed by atoms with Crippen molar-refractivity contribution < 1.29 is 0 Å². The summed E-state index contributed by atoms with van der Waals surface area (Å²) in [6.45, 7) is 11.5. The predicted molar refractivity (Wildman–Crippen MR) is 337 cm³/mol. The molecule has 0 heterocycles. The second kappa shape index (κ2) is 21.7. The first-order chi connectivity index (χ1) is 38.4. The fourth-order valence-corrected chi connectivity index (χ4v) is 13.7. The van der Waals surface area contributed by atoms with E-state index >= 15 is 0 Å². The number of hydrogen-bond donors (Lipinski definition) is 0. The molecule has 13 rings (SSSR count). The lowest BCUT2D eigenvalue weighted by atomic mass is 9.73. The maximum Gasteiger partial charge on any atom is 0.0464 e. The van der Waals surface area contributed by atoms with Crippen molar-refractivity contribution in [2.45, 2.75) is 77.6 Å². The molecule has 0 saturated carbocycles. The number of hydrogen-bond acceptors (Lipinski definition) is 2. The Morgan fingerprint density at radius 3 is 2.28 bits per heavy atom. The molecule has 7 aliphatic rings. The lowest BCUT2D eigenvalue weighted by Gasteiger charge is -2.34. The Balaban J connectivity index is 1.07. The Hall–Kier alpha value is -8.20. The van der Waals surface area contributed by atoms with E-state index in [0.29, 0.717) is 17.8 Å². The van der Waals surface area contributed by atoms with E-state index in [1.807, 2.05) is 6.08 Å². The largest absolute Gasteiger partial charge is 0.341 e. The normalized spacial score (nSPS) is 21.4. The van der Waals surface area contributed by atoms with Crippen LogP contribution >= 0.6 is 0 Å². The molecule has 7 aliphatic carbocycles. The highest BCUT2D eigenvalue weighted by molar-refractivity contribution is 6.18. The average molecular weight is 1010 g/mol. The SMILES string of the molecule is C=C/C=c1/cccc/c1=C/CN(C1=CC=C2C=CC=CC2C1)c1ccc2c(C3=CC4C=CCCC4CC3)c3cc(N(/C(C)=C/C=C4/CCC=CC4=C)c4ccc5c(c4)C=CCC5)ccc3c(C3=Cc4ccccc4CC3)c2c1. The highest BCUT2D eigenvalue weighted by Crippen LogP contribution is 2.49. The van der Waals surface area contributed by atoms with Crippen LogP contribution in [0.25, 0.3) is 57.0 Å². The van der Waals surface area contributed by atoms with Crippen LogP contribution in [0.2, 0.25) is 0 Å². The molecule has 0 N–H and O–H groups in total. The summed E-state index contributed by atoms with van der Waals surface area (Å²) in [6, 6.07) is 39.9. The molecular weight excluding hydrogens is 941 g/mol. The van der Waals surface area contributed by atoms with Gasteiger partial charge in [0.15, 0.2) is 0 Å². The van der Waals surface area contributed by atoms with Crippen molar-refractivity contribution in [2.75, 3.05) is 16.3 Å². The minimum absolute atomic E-state index is 0.347. The fraction of sp³-hybridized carbons (Fsp3) is 0.211. The van der Waals surface area contributed by atoms with Crippen LogP contribution in [0.15, 0.2) is 236 Å². The third kappa shape index (κ3) is 9.68. The van der Waals surface area contributed by atoms with Gasteiger partial charge in [0, 0.05) is 40.9 Å². The van der Waals surface area contributed by atoms with Gasteiger partial charge in [-0.15, -0.1) is 0 Å². The van der Waals surface area contributed by atoms with Crippen molar-refractivity contribution in [3.63, 3.8) is 0 Å². The van der Waals surface area contributed by atoms with Crippen molar-refractivity contribution in [1.29, 1.82) is 0 Å². The van der Waals surface area contributed by atoms with Crippen LogP contribution in [0.4, 0.5) is 17.1 Å². The first-order valence-electron chi connectivity index (χ1n) is 28.9. The average Bonchev–Trinajstić information content (AvgIpc) is 3.58. The van der Waals surface area contributed by atoms with Crippen LogP contribution in [0.1, 0.15) is 98.1 Å². The van der Waals surface area contributed by atoms with Crippen LogP contribution in [0.5, 0.6) is 0 Å². The maximum atomic E-state index is 4.43. The first-order valence-corrected chi connectivity index (χ1v) is 28.9. The lowest BCUT2D eigenvalue weighted by molar-refractivity contribution is 0.373. The summed E-state index contributed by atoms with van der Waals surface area (Å²) in [5, 5.41) is 7.72. The van der Waals surface area contributed by atoms with Gasteiger partial charge in [0.1, 0.15) is 0 Å². The third-order valence-corrected chi connectivity index (χ3v) is 17.8. The van der Waals surface area contributed by atoms with E-state index in [9.17, 15) is 0 Å². The molecule has 0 fully saturated rings. The zero-order valence-electron chi connectivity index (χ0n) is 45.3. The molecule has 0 aromatic heterocycles. The predicted octanol–water partition coefficient (Wildman–Crippen LogP) is 18.3. The van der Waals surface area contributed by atoms with E-state index in [-0.39, 0.29) is 0 Å². The maximum absolute atomic E-state index is 4.43. The summed E-state index contributed by atoms with van der Waals surface area (Å²) in [5.41, 5.74) is 21.0. The van der Waals surface area contributed by atoms with E-state index in [4.69, 9.17) is 0 Å². The van der Waals surface area contributed by atoms with Crippen molar-refractivity contribution in [2.24, 2.45) is 17.8 Å². The Morgan fingerprint density at radius 1 is 0.628 bits per heavy atom. The van der Waals surface area contributed by atoms with E-state index in [1.165, 1.54) is 135 Å². The Labute approximate surface area is 462 Å². The molecule has 0 bridgehead atoms. The van der Waals surface area contributed by atoms with Gasteiger partial charge in [-0.3, -0.25) is 0 Å². The Bertz CT molecular complexity index is 3940. The van der Waals surface area contributed by atoms with E-state index in [1.54, 1.807) is 0 Å². The summed E-state index contributed by atoms with van der Waals surface area (Å²) in [5.74, 6) is 1.49. The summed E-state index contributed by atoms with van der Waals surface area (Å²) < 4.78 is 0. The molecule has 78 heavy (non-hydrogen) atoms. The highest BCUT2D eigenvalue weighted by atomic mass is 15.1. The fourth-order valence-electron chi connectivity index (χ4n) is 13.7. The topological polar surface area (TPSA) is 6.48 Å².